The van der Waals surface area contributed by atoms with E-state index in [4.69, 9.17) is 15.7 Å². The largest absolute Gasteiger partial charge is 0.462 e. The number of aliphatic hydroxyl groups is 1. The molecule has 6 nitrogen and oxygen atoms in total. The van der Waals surface area contributed by atoms with Gasteiger partial charge >= 0.3 is 5.97 Å². The number of carbonyl (C=O) groups is 1. The number of β-amino-alcohol motifs (C(OH)–C–C–N with tert-alkyl or cyclic N) is 1. The average Bonchev–Trinajstić information content (AvgIpc) is 2.76. The number of rotatable bonds is 3. The lowest BCUT2D eigenvalue weighted by molar-refractivity contribution is 0.0528. The van der Waals surface area contributed by atoms with E-state index in [-0.39, 0.29) is 17.9 Å². The number of esters is 1. The van der Waals surface area contributed by atoms with Crippen molar-refractivity contribution in [2.75, 3.05) is 30.3 Å². The molecule has 1 aliphatic heterocycles. The molecule has 2 heterocycles. The number of nitrogens with zero attached hydrogens (tertiary/aromatic N) is 2. The molecular weight excluding hydrogens is 278 g/mol. The van der Waals surface area contributed by atoms with Crippen molar-refractivity contribution in [2.24, 2.45) is 0 Å². The summed E-state index contributed by atoms with van der Waals surface area (Å²) in [4.78, 5) is 14.3. The summed E-state index contributed by atoms with van der Waals surface area (Å²) in [5.41, 5.74) is 6.31. The van der Waals surface area contributed by atoms with Crippen LogP contribution in [-0.4, -0.2) is 36.9 Å². The Hall–Kier alpha value is -1.78. The van der Waals surface area contributed by atoms with E-state index in [1.54, 1.807) is 6.92 Å². The average molecular weight is 295 g/mol. The highest BCUT2D eigenvalue weighted by molar-refractivity contribution is 7.17. The van der Waals surface area contributed by atoms with E-state index < -0.39 is 12.1 Å². The van der Waals surface area contributed by atoms with Crippen LogP contribution in [0.1, 0.15) is 35.0 Å². The lowest BCUT2D eigenvalue weighted by Crippen LogP contribution is -2.38. The van der Waals surface area contributed by atoms with Gasteiger partial charge in [-0.15, -0.1) is 11.3 Å². The number of hydrogen-bond acceptors (Lipinski definition) is 7. The summed E-state index contributed by atoms with van der Waals surface area (Å²) in [7, 11) is 0. The molecule has 0 bridgehead atoms. The van der Waals surface area contributed by atoms with Crippen molar-refractivity contribution in [3.63, 3.8) is 0 Å². The van der Waals surface area contributed by atoms with E-state index in [0.717, 1.165) is 19.4 Å². The molecule has 1 aromatic heterocycles. The number of aliphatic hydroxyl groups excluding tert-OH is 1. The normalized spacial score (nSPS) is 18.6. The monoisotopic (exact) mass is 295 g/mol. The Morgan fingerprint density at radius 3 is 3.05 bits per heavy atom. The second-order valence-corrected chi connectivity index (χ2v) is 5.60. The first-order chi connectivity index (χ1) is 9.58. The molecule has 0 radical (unpaired) electrons. The third-order valence-corrected chi connectivity index (χ3v) is 4.36. The van der Waals surface area contributed by atoms with Gasteiger partial charge in [0.25, 0.3) is 0 Å². The molecule has 0 amide bonds. The first kappa shape index (κ1) is 14.6. The van der Waals surface area contributed by atoms with Gasteiger partial charge in [-0.1, -0.05) is 0 Å². The van der Waals surface area contributed by atoms with Crippen LogP contribution in [0, 0.1) is 11.3 Å². The van der Waals surface area contributed by atoms with Gasteiger partial charge in [0.1, 0.15) is 21.5 Å². The maximum atomic E-state index is 12.0. The Labute approximate surface area is 121 Å². The molecule has 1 atom stereocenters. The first-order valence-electron chi connectivity index (χ1n) is 6.51. The minimum Gasteiger partial charge on any atom is -0.462 e. The first-order valence-corrected chi connectivity index (χ1v) is 7.32. The highest BCUT2D eigenvalue weighted by atomic mass is 32.1. The fraction of sp³-hybridized carbons (Fsp3) is 0.538. The Kier molecular flexibility index (Phi) is 4.47. The molecule has 1 aromatic rings. The molecular formula is C13H17N3O3S. The van der Waals surface area contributed by atoms with Crippen molar-refractivity contribution in [1.29, 1.82) is 5.26 Å². The SMILES string of the molecule is CCOC(=O)c1c(N2CCCC(O)C2)sc(C#N)c1N. The highest BCUT2D eigenvalue weighted by Crippen LogP contribution is 2.39. The van der Waals surface area contributed by atoms with E-state index in [9.17, 15) is 9.90 Å². The predicted molar refractivity (Wildman–Crippen MR) is 76.9 cm³/mol. The number of thiophene rings is 1. The zero-order chi connectivity index (χ0) is 14.7. The minimum atomic E-state index is -0.516. The Balaban J connectivity index is 2.41. The molecule has 20 heavy (non-hydrogen) atoms. The number of anilines is 2. The van der Waals surface area contributed by atoms with Crippen LogP contribution in [0.5, 0.6) is 0 Å². The van der Waals surface area contributed by atoms with Gasteiger partial charge in [0.15, 0.2) is 0 Å². The van der Waals surface area contributed by atoms with Crippen LogP contribution < -0.4 is 10.6 Å². The number of piperidine rings is 1. The Bertz CT molecular complexity index is 550. The number of carbonyl (C=O) groups excluding carboxylic acids is 1. The molecule has 0 saturated carbocycles. The van der Waals surface area contributed by atoms with Crippen LogP contribution >= 0.6 is 11.3 Å². The quantitative estimate of drug-likeness (QED) is 0.816. The second kappa shape index (κ2) is 6.11. The Morgan fingerprint density at radius 1 is 1.70 bits per heavy atom. The minimum absolute atomic E-state index is 0.172. The third kappa shape index (κ3) is 2.71. The topological polar surface area (TPSA) is 99.6 Å². The van der Waals surface area contributed by atoms with Gasteiger partial charge in [-0.05, 0) is 19.8 Å². The maximum absolute atomic E-state index is 12.0. The van der Waals surface area contributed by atoms with Crippen molar-refractivity contribution >= 4 is 28.0 Å². The summed E-state index contributed by atoms with van der Waals surface area (Å²) >= 11 is 1.18. The lowest BCUT2D eigenvalue weighted by Gasteiger charge is -2.31. The number of nitrogens with two attached hydrogens (primary N) is 1. The number of ether oxygens (including phenoxy) is 1. The molecule has 1 fully saturated rings. The molecule has 1 unspecified atom stereocenters. The van der Waals surface area contributed by atoms with Crippen LogP contribution in [0.25, 0.3) is 0 Å². The zero-order valence-electron chi connectivity index (χ0n) is 11.3. The van der Waals surface area contributed by atoms with E-state index >= 15 is 0 Å². The van der Waals surface area contributed by atoms with E-state index in [1.807, 2.05) is 11.0 Å². The van der Waals surface area contributed by atoms with Crippen molar-refractivity contribution in [3.05, 3.63) is 10.4 Å². The molecule has 1 saturated heterocycles. The summed E-state index contributed by atoms with van der Waals surface area (Å²) in [6.45, 7) is 3.14. The molecule has 2 rings (SSSR count). The van der Waals surface area contributed by atoms with Crippen molar-refractivity contribution < 1.29 is 14.6 Å². The van der Waals surface area contributed by atoms with Crippen molar-refractivity contribution in [3.8, 4) is 6.07 Å². The van der Waals surface area contributed by atoms with Crippen molar-refractivity contribution in [2.45, 2.75) is 25.9 Å². The summed E-state index contributed by atoms with van der Waals surface area (Å²) in [6, 6.07) is 2.00. The molecule has 1 aliphatic rings. The van der Waals surface area contributed by atoms with E-state index in [0.29, 0.717) is 16.4 Å². The fourth-order valence-electron chi connectivity index (χ4n) is 2.28. The number of nitriles is 1. The molecule has 0 aliphatic carbocycles. The van der Waals surface area contributed by atoms with Gasteiger partial charge in [-0.25, -0.2) is 4.79 Å². The molecule has 108 valence electrons. The fourth-order valence-corrected chi connectivity index (χ4v) is 3.32. The molecule has 0 aromatic carbocycles. The second-order valence-electron chi connectivity index (χ2n) is 4.60. The van der Waals surface area contributed by atoms with Gasteiger partial charge in [0.05, 0.1) is 18.4 Å². The number of nitrogen functional groups attached to an aromatic ring is 1. The van der Waals surface area contributed by atoms with Gasteiger partial charge in [0, 0.05) is 13.1 Å². The Morgan fingerprint density at radius 2 is 2.45 bits per heavy atom. The lowest BCUT2D eigenvalue weighted by atomic mass is 10.1. The predicted octanol–water partition coefficient (Wildman–Crippen LogP) is 1.34. The standard InChI is InChI=1S/C13H17N3O3S/c1-2-19-13(18)10-11(15)9(6-14)20-12(10)16-5-3-4-8(17)7-16/h8,17H,2-5,7,15H2,1H3. The number of hydrogen-bond donors (Lipinski definition) is 2. The zero-order valence-corrected chi connectivity index (χ0v) is 12.1. The highest BCUT2D eigenvalue weighted by Gasteiger charge is 2.29. The van der Waals surface area contributed by atoms with E-state index in [1.165, 1.54) is 11.3 Å². The van der Waals surface area contributed by atoms with Gasteiger partial charge in [0.2, 0.25) is 0 Å². The van der Waals surface area contributed by atoms with Crippen molar-refractivity contribution in [1.82, 2.24) is 0 Å². The summed E-state index contributed by atoms with van der Waals surface area (Å²) in [5.74, 6) is -0.516. The molecule has 0 spiro atoms. The third-order valence-electron chi connectivity index (χ3n) is 3.19. The molecule has 7 heteroatoms. The van der Waals surface area contributed by atoms with Crippen LogP contribution in [0.3, 0.4) is 0 Å². The molecule has 3 N–H and O–H groups in total. The summed E-state index contributed by atoms with van der Waals surface area (Å²) in [5, 5.41) is 19.5. The van der Waals surface area contributed by atoms with E-state index in [2.05, 4.69) is 0 Å². The van der Waals surface area contributed by atoms with Crippen LogP contribution in [0.4, 0.5) is 10.7 Å². The van der Waals surface area contributed by atoms with Crippen LogP contribution in [0.2, 0.25) is 0 Å². The maximum Gasteiger partial charge on any atom is 0.343 e. The summed E-state index contributed by atoms with van der Waals surface area (Å²) < 4.78 is 5.01. The van der Waals surface area contributed by atoms with Gasteiger partial charge in [-0.2, -0.15) is 5.26 Å². The smallest absolute Gasteiger partial charge is 0.343 e. The summed E-state index contributed by atoms with van der Waals surface area (Å²) in [6.07, 6.45) is 1.16. The van der Waals surface area contributed by atoms with Gasteiger partial charge in [-0.3, -0.25) is 0 Å². The van der Waals surface area contributed by atoms with Gasteiger partial charge < -0.3 is 20.5 Å². The van der Waals surface area contributed by atoms with Crippen LogP contribution in [0.15, 0.2) is 0 Å². The van der Waals surface area contributed by atoms with Crippen LogP contribution in [-0.2, 0) is 4.74 Å².